The van der Waals surface area contributed by atoms with Crippen LogP contribution < -0.4 is 4.90 Å². The maximum Gasteiger partial charge on any atom is 0.335 e. The third-order valence-corrected chi connectivity index (χ3v) is 3.40. The lowest BCUT2D eigenvalue weighted by Gasteiger charge is -2.11. The van der Waals surface area contributed by atoms with E-state index in [1.54, 1.807) is 12.1 Å². The molecule has 0 aliphatic rings. The number of anilines is 1. The molecule has 0 bridgehead atoms. The van der Waals surface area contributed by atoms with E-state index in [0.29, 0.717) is 11.5 Å². The van der Waals surface area contributed by atoms with Crippen molar-refractivity contribution in [1.29, 1.82) is 0 Å². The van der Waals surface area contributed by atoms with Crippen molar-refractivity contribution in [3.63, 3.8) is 0 Å². The monoisotopic (exact) mass is 309 g/mol. The summed E-state index contributed by atoms with van der Waals surface area (Å²) in [6.45, 7) is 0. The Hall–Kier alpha value is -3.22. The summed E-state index contributed by atoms with van der Waals surface area (Å²) >= 11 is 0. The van der Waals surface area contributed by atoms with Crippen molar-refractivity contribution in [3.8, 4) is 17.1 Å². The first-order valence-electron chi connectivity index (χ1n) is 6.96. The lowest BCUT2D eigenvalue weighted by molar-refractivity contribution is 0.0697. The summed E-state index contributed by atoms with van der Waals surface area (Å²) in [5.41, 5.74) is 2.82. The van der Waals surface area contributed by atoms with Gasteiger partial charge >= 0.3 is 5.97 Å². The number of rotatable bonds is 4. The summed E-state index contributed by atoms with van der Waals surface area (Å²) < 4.78 is 0. The minimum atomic E-state index is -0.968. The van der Waals surface area contributed by atoms with Gasteiger partial charge in [-0.3, -0.25) is 0 Å². The van der Waals surface area contributed by atoms with Crippen LogP contribution in [0.1, 0.15) is 10.4 Å². The lowest BCUT2D eigenvalue weighted by Crippen LogP contribution is -2.07. The highest BCUT2D eigenvalue weighted by molar-refractivity contribution is 5.87. The lowest BCUT2D eigenvalue weighted by atomic mass is 10.2. The molecule has 3 rings (SSSR count). The molecule has 1 heterocycles. The largest absolute Gasteiger partial charge is 0.478 e. The summed E-state index contributed by atoms with van der Waals surface area (Å²) in [6, 6.07) is 14.1. The van der Waals surface area contributed by atoms with Gasteiger partial charge in [0, 0.05) is 25.3 Å². The number of hydrogen-bond acceptors (Lipinski definition) is 5. The summed E-state index contributed by atoms with van der Waals surface area (Å²) in [5.74, 6) is -0.456. The molecule has 0 aliphatic heterocycles. The Labute approximate surface area is 132 Å². The fraction of sp³-hybridized carbons (Fsp3) is 0.125. The standard InChI is InChI=1S/C16H15N5O2/c1-20(2)13-7-3-11(4-8-13)15-17-19-21(18-15)14-9-5-12(6-10-14)16(22)23/h3-10H,1-2H3,(H,22,23). The fourth-order valence-electron chi connectivity index (χ4n) is 2.09. The average Bonchev–Trinajstić information content (AvgIpc) is 3.05. The number of carbonyl (C=O) groups is 1. The Kier molecular flexibility index (Phi) is 3.76. The predicted octanol–water partition coefficient (Wildman–Crippen LogP) is 2.09. The summed E-state index contributed by atoms with van der Waals surface area (Å²) in [4.78, 5) is 14.2. The zero-order chi connectivity index (χ0) is 16.4. The highest BCUT2D eigenvalue weighted by atomic mass is 16.4. The van der Waals surface area contributed by atoms with Gasteiger partial charge in [-0.1, -0.05) is 0 Å². The number of tetrazole rings is 1. The normalized spacial score (nSPS) is 10.5. The third kappa shape index (κ3) is 3.03. The molecule has 3 aromatic rings. The van der Waals surface area contributed by atoms with Crippen LogP contribution in [-0.2, 0) is 0 Å². The number of nitrogens with zero attached hydrogens (tertiary/aromatic N) is 5. The fourth-order valence-corrected chi connectivity index (χ4v) is 2.09. The van der Waals surface area contributed by atoms with Crippen LogP contribution in [0.25, 0.3) is 17.1 Å². The first-order valence-corrected chi connectivity index (χ1v) is 6.96. The first-order chi connectivity index (χ1) is 11.0. The maximum atomic E-state index is 10.9. The molecule has 0 radical (unpaired) electrons. The molecule has 0 saturated carbocycles. The molecule has 1 aromatic heterocycles. The van der Waals surface area contributed by atoms with Gasteiger partial charge in [0.25, 0.3) is 0 Å². The Morgan fingerprint density at radius 3 is 2.26 bits per heavy atom. The SMILES string of the molecule is CN(C)c1ccc(-c2nnn(-c3ccc(C(=O)O)cc3)n2)cc1. The Morgan fingerprint density at radius 2 is 1.70 bits per heavy atom. The number of hydrogen-bond donors (Lipinski definition) is 1. The van der Waals surface area contributed by atoms with Crippen molar-refractivity contribution >= 4 is 11.7 Å². The molecule has 7 nitrogen and oxygen atoms in total. The molecule has 0 atom stereocenters. The zero-order valence-electron chi connectivity index (χ0n) is 12.7. The number of carboxylic acids is 1. The molecule has 0 saturated heterocycles. The molecule has 0 aliphatic carbocycles. The predicted molar refractivity (Wildman–Crippen MR) is 85.9 cm³/mol. The second-order valence-corrected chi connectivity index (χ2v) is 5.20. The Balaban J connectivity index is 1.86. The van der Waals surface area contributed by atoms with E-state index in [-0.39, 0.29) is 5.56 Å². The van der Waals surface area contributed by atoms with Crippen LogP contribution >= 0.6 is 0 Å². The smallest absolute Gasteiger partial charge is 0.335 e. The van der Waals surface area contributed by atoms with E-state index in [4.69, 9.17) is 5.11 Å². The van der Waals surface area contributed by atoms with E-state index in [0.717, 1.165) is 11.3 Å². The van der Waals surface area contributed by atoms with Gasteiger partial charge < -0.3 is 10.0 Å². The van der Waals surface area contributed by atoms with Crippen LogP contribution in [0, 0.1) is 0 Å². The van der Waals surface area contributed by atoms with E-state index in [1.165, 1.54) is 16.9 Å². The summed E-state index contributed by atoms with van der Waals surface area (Å²) in [5, 5.41) is 21.3. The van der Waals surface area contributed by atoms with Crippen LogP contribution in [0.2, 0.25) is 0 Å². The van der Waals surface area contributed by atoms with E-state index < -0.39 is 5.97 Å². The van der Waals surface area contributed by atoms with E-state index >= 15 is 0 Å². The quantitative estimate of drug-likeness (QED) is 0.794. The highest BCUT2D eigenvalue weighted by Gasteiger charge is 2.09. The van der Waals surface area contributed by atoms with Crippen molar-refractivity contribution < 1.29 is 9.90 Å². The second kappa shape index (κ2) is 5.88. The third-order valence-electron chi connectivity index (χ3n) is 3.40. The van der Waals surface area contributed by atoms with Crippen LogP contribution in [0.3, 0.4) is 0 Å². The van der Waals surface area contributed by atoms with Crippen molar-refractivity contribution in [3.05, 3.63) is 54.1 Å². The molecular weight excluding hydrogens is 294 g/mol. The number of benzene rings is 2. The summed E-state index contributed by atoms with van der Waals surface area (Å²) in [7, 11) is 3.95. The van der Waals surface area contributed by atoms with Gasteiger partial charge in [-0.2, -0.15) is 0 Å². The van der Waals surface area contributed by atoms with Gasteiger partial charge in [-0.05, 0) is 53.7 Å². The van der Waals surface area contributed by atoms with Gasteiger partial charge in [0.1, 0.15) is 0 Å². The van der Waals surface area contributed by atoms with Crippen LogP contribution in [-0.4, -0.2) is 45.4 Å². The first kappa shape index (κ1) is 14.7. The minimum Gasteiger partial charge on any atom is -0.478 e. The minimum absolute atomic E-state index is 0.216. The van der Waals surface area contributed by atoms with Crippen LogP contribution in [0.15, 0.2) is 48.5 Å². The van der Waals surface area contributed by atoms with E-state index in [9.17, 15) is 4.79 Å². The van der Waals surface area contributed by atoms with Crippen molar-refractivity contribution in [2.24, 2.45) is 0 Å². The molecule has 2 aromatic carbocycles. The van der Waals surface area contributed by atoms with Crippen molar-refractivity contribution in [1.82, 2.24) is 20.2 Å². The maximum absolute atomic E-state index is 10.9. The molecule has 0 unspecified atom stereocenters. The van der Waals surface area contributed by atoms with Gasteiger partial charge in [-0.15, -0.1) is 15.0 Å². The topological polar surface area (TPSA) is 84.1 Å². The number of aromatic carboxylic acids is 1. The van der Waals surface area contributed by atoms with Crippen molar-refractivity contribution in [2.75, 3.05) is 19.0 Å². The summed E-state index contributed by atoms with van der Waals surface area (Å²) in [6.07, 6.45) is 0. The average molecular weight is 309 g/mol. The Morgan fingerprint density at radius 1 is 1.04 bits per heavy atom. The molecular formula is C16H15N5O2. The zero-order valence-corrected chi connectivity index (χ0v) is 12.7. The van der Waals surface area contributed by atoms with E-state index in [1.807, 2.05) is 43.3 Å². The molecule has 0 spiro atoms. The van der Waals surface area contributed by atoms with Gasteiger partial charge in [0.05, 0.1) is 11.3 Å². The molecule has 23 heavy (non-hydrogen) atoms. The second-order valence-electron chi connectivity index (χ2n) is 5.20. The number of carboxylic acid groups (broad SMARTS) is 1. The molecule has 0 fully saturated rings. The Bertz CT molecular complexity index is 822. The van der Waals surface area contributed by atoms with Crippen LogP contribution in [0.5, 0.6) is 0 Å². The van der Waals surface area contributed by atoms with Gasteiger partial charge in [0.2, 0.25) is 5.82 Å². The van der Waals surface area contributed by atoms with Gasteiger partial charge in [-0.25, -0.2) is 4.79 Å². The molecule has 0 amide bonds. The van der Waals surface area contributed by atoms with Crippen molar-refractivity contribution in [2.45, 2.75) is 0 Å². The van der Waals surface area contributed by atoms with E-state index in [2.05, 4.69) is 15.4 Å². The highest BCUT2D eigenvalue weighted by Crippen LogP contribution is 2.19. The number of aromatic nitrogens is 4. The molecule has 1 N–H and O–H groups in total. The van der Waals surface area contributed by atoms with Crippen LogP contribution in [0.4, 0.5) is 5.69 Å². The molecule has 116 valence electrons. The molecule has 7 heteroatoms. The van der Waals surface area contributed by atoms with Gasteiger partial charge in [0.15, 0.2) is 0 Å².